The van der Waals surface area contributed by atoms with Gasteiger partial charge < -0.3 is 9.47 Å². The molecular formula is C17H18ClN5O3. The molecule has 8 nitrogen and oxygen atoms in total. The smallest absolute Gasteiger partial charge is 0.273 e. The summed E-state index contributed by atoms with van der Waals surface area (Å²) in [5.41, 5.74) is 2.09. The number of fused-ring (bicyclic) bond motifs is 1. The molecule has 3 aromatic heterocycles. The second kappa shape index (κ2) is 7.35. The molecule has 136 valence electrons. The van der Waals surface area contributed by atoms with Gasteiger partial charge in [0.15, 0.2) is 5.65 Å². The van der Waals surface area contributed by atoms with Crippen molar-refractivity contribution in [2.75, 3.05) is 20.8 Å². The first kappa shape index (κ1) is 18.2. The first-order valence-corrected chi connectivity index (χ1v) is 8.29. The van der Waals surface area contributed by atoms with Gasteiger partial charge in [-0.25, -0.2) is 19.9 Å². The summed E-state index contributed by atoms with van der Waals surface area (Å²) in [7, 11) is 3.10. The fraction of sp³-hybridized carbons (Fsp3) is 0.353. The van der Waals surface area contributed by atoms with Crippen LogP contribution >= 0.6 is 11.6 Å². The zero-order chi connectivity index (χ0) is 18.8. The van der Waals surface area contributed by atoms with E-state index in [4.69, 9.17) is 21.1 Å². The number of aromatic nitrogens is 5. The molecule has 0 saturated heterocycles. The molecule has 0 aliphatic carbocycles. The Kier molecular flexibility index (Phi) is 5.15. The predicted octanol–water partition coefficient (Wildman–Crippen LogP) is 2.43. The van der Waals surface area contributed by atoms with Gasteiger partial charge >= 0.3 is 0 Å². The van der Waals surface area contributed by atoms with E-state index in [0.717, 1.165) is 0 Å². The molecular weight excluding hydrogens is 358 g/mol. The van der Waals surface area contributed by atoms with Crippen LogP contribution in [0.2, 0.25) is 5.15 Å². The molecule has 0 unspecified atom stereocenters. The van der Waals surface area contributed by atoms with Crippen LogP contribution in [0.1, 0.15) is 18.7 Å². The average molecular weight is 376 g/mol. The van der Waals surface area contributed by atoms with Crippen molar-refractivity contribution in [2.45, 2.75) is 19.9 Å². The minimum absolute atomic E-state index is 0.217. The maximum atomic E-state index is 12.6. The Labute approximate surface area is 154 Å². The number of ether oxygens (including phenoxy) is 2. The highest BCUT2D eigenvalue weighted by Crippen LogP contribution is 2.30. The van der Waals surface area contributed by atoms with Crippen molar-refractivity contribution in [2.24, 2.45) is 0 Å². The summed E-state index contributed by atoms with van der Waals surface area (Å²) < 4.78 is 11.8. The number of rotatable bonds is 5. The number of aryl methyl sites for hydroxylation is 1. The topological polar surface area (TPSA) is 92.0 Å². The highest BCUT2D eigenvalue weighted by atomic mass is 35.5. The van der Waals surface area contributed by atoms with Crippen LogP contribution in [-0.2, 0) is 4.74 Å². The molecule has 0 radical (unpaired) electrons. The number of pyridine rings is 1. The molecule has 0 amide bonds. The highest BCUT2D eigenvalue weighted by Gasteiger charge is 2.20. The zero-order valence-electron chi connectivity index (χ0n) is 14.9. The van der Waals surface area contributed by atoms with Gasteiger partial charge in [0.05, 0.1) is 19.8 Å². The Hall–Kier alpha value is -2.58. The lowest BCUT2D eigenvalue weighted by Crippen LogP contribution is -2.29. The van der Waals surface area contributed by atoms with E-state index in [0.29, 0.717) is 40.6 Å². The van der Waals surface area contributed by atoms with Crippen molar-refractivity contribution >= 4 is 22.8 Å². The van der Waals surface area contributed by atoms with Gasteiger partial charge in [0.25, 0.3) is 5.56 Å². The second-order valence-electron chi connectivity index (χ2n) is 5.76. The summed E-state index contributed by atoms with van der Waals surface area (Å²) in [5.74, 6) is 0.395. The molecule has 1 atom stereocenters. The summed E-state index contributed by atoms with van der Waals surface area (Å²) in [4.78, 5) is 29.8. The Morgan fingerprint density at radius 2 is 2.00 bits per heavy atom. The minimum Gasteiger partial charge on any atom is -0.481 e. The van der Waals surface area contributed by atoms with E-state index in [-0.39, 0.29) is 16.8 Å². The van der Waals surface area contributed by atoms with Crippen LogP contribution < -0.4 is 10.3 Å². The van der Waals surface area contributed by atoms with Crippen molar-refractivity contribution in [1.82, 2.24) is 24.5 Å². The van der Waals surface area contributed by atoms with Crippen LogP contribution in [0.3, 0.4) is 0 Å². The lowest BCUT2D eigenvalue weighted by molar-refractivity contribution is 0.162. The van der Waals surface area contributed by atoms with Gasteiger partial charge in [-0.2, -0.15) is 0 Å². The van der Waals surface area contributed by atoms with Gasteiger partial charge in [0.2, 0.25) is 5.88 Å². The van der Waals surface area contributed by atoms with Gasteiger partial charge in [-0.3, -0.25) is 9.36 Å². The molecule has 9 heteroatoms. The average Bonchev–Trinajstić information content (AvgIpc) is 2.62. The van der Waals surface area contributed by atoms with Gasteiger partial charge in [0.1, 0.15) is 28.4 Å². The standard InChI is InChI=1S/C17H18ClN5O3/c1-9(7-25-3)23-16-14(21-10(2)17(23)24)13(19-8-20-16)11-5-6-12(26-4)22-15(11)18/h5-6,8-9H,7H2,1-4H3/t9-/m1/s1. The van der Waals surface area contributed by atoms with Gasteiger partial charge in [-0.05, 0) is 19.9 Å². The SMILES string of the molecule is COC[C@@H](C)n1c(=O)c(C)nc2c(-c3ccc(OC)nc3Cl)ncnc21. The van der Waals surface area contributed by atoms with E-state index in [9.17, 15) is 4.79 Å². The molecule has 0 aliphatic heterocycles. The van der Waals surface area contributed by atoms with E-state index >= 15 is 0 Å². The lowest BCUT2D eigenvalue weighted by atomic mass is 10.1. The summed E-state index contributed by atoms with van der Waals surface area (Å²) in [5, 5.41) is 0.228. The number of nitrogens with zero attached hydrogens (tertiary/aromatic N) is 5. The quantitative estimate of drug-likeness (QED) is 0.632. The lowest BCUT2D eigenvalue weighted by Gasteiger charge is -2.17. The number of methoxy groups -OCH3 is 2. The van der Waals surface area contributed by atoms with Crippen LogP contribution in [0.25, 0.3) is 22.4 Å². The normalized spacial score (nSPS) is 12.3. The Bertz CT molecular complexity index is 1020. The molecule has 3 rings (SSSR count). The summed E-state index contributed by atoms with van der Waals surface area (Å²) in [6, 6.07) is 3.22. The Morgan fingerprint density at radius 1 is 1.23 bits per heavy atom. The van der Waals surface area contributed by atoms with E-state index in [1.165, 1.54) is 13.4 Å². The number of halogens is 1. The predicted molar refractivity (Wildman–Crippen MR) is 97.7 cm³/mol. The third-order valence-electron chi connectivity index (χ3n) is 3.98. The van der Waals surface area contributed by atoms with E-state index in [1.807, 2.05) is 6.92 Å². The third-order valence-corrected chi connectivity index (χ3v) is 4.26. The van der Waals surface area contributed by atoms with Crippen molar-refractivity contribution in [1.29, 1.82) is 0 Å². The Morgan fingerprint density at radius 3 is 2.65 bits per heavy atom. The van der Waals surface area contributed by atoms with Crippen LogP contribution in [0.5, 0.6) is 5.88 Å². The summed E-state index contributed by atoms with van der Waals surface area (Å²) >= 11 is 6.30. The summed E-state index contributed by atoms with van der Waals surface area (Å²) in [6.07, 6.45) is 1.38. The maximum Gasteiger partial charge on any atom is 0.273 e. The maximum absolute atomic E-state index is 12.6. The van der Waals surface area contributed by atoms with E-state index in [1.54, 1.807) is 30.7 Å². The third kappa shape index (κ3) is 3.13. The van der Waals surface area contributed by atoms with Gasteiger partial charge in [0, 0.05) is 18.7 Å². The molecule has 3 heterocycles. The molecule has 0 saturated carbocycles. The molecule has 0 spiro atoms. The molecule has 26 heavy (non-hydrogen) atoms. The fourth-order valence-corrected chi connectivity index (χ4v) is 3.00. The second-order valence-corrected chi connectivity index (χ2v) is 6.12. The number of hydrogen-bond acceptors (Lipinski definition) is 7. The van der Waals surface area contributed by atoms with Crippen LogP contribution in [0, 0.1) is 6.92 Å². The molecule has 0 fully saturated rings. The largest absolute Gasteiger partial charge is 0.481 e. The first-order valence-electron chi connectivity index (χ1n) is 7.91. The minimum atomic E-state index is -0.219. The molecule has 0 bridgehead atoms. The van der Waals surface area contributed by atoms with Crippen LogP contribution in [-0.4, -0.2) is 45.3 Å². The van der Waals surface area contributed by atoms with Crippen molar-refractivity contribution in [3.63, 3.8) is 0 Å². The van der Waals surface area contributed by atoms with Crippen molar-refractivity contribution in [3.8, 4) is 17.1 Å². The monoisotopic (exact) mass is 375 g/mol. The van der Waals surface area contributed by atoms with E-state index < -0.39 is 0 Å². The number of hydrogen-bond donors (Lipinski definition) is 0. The molecule has 0 aromatic carbocycles. The first-order chi connectivity index (χ1) is 12.5. The van der Waals surface area contributed by atoms with Gasteiger partial charge in [-0.15, -0.1) is 0 Å². The van der Waals surface area contributed by atoms with E-state index in [2.05, 4.69) is 19.9 Å². The molecule has 3 aromatic rings. The molecule has 0 aliphatic rings. The Balaban J connectivity index is 2.31. The van der Waals surface area contributed by atoms with Gasteiger partial charge in [-0.1, -0.05) is 11.6 Å². The highest BCUT2D eigenvalue weighted by molar-refractivity contribution is 6.32. The van der Waals surface area contributed by atoms with Crippen LogP contribution in [0.15, 0.2) is 23.3 Å². The summed E-state index contributed by atoms with van der Waals surface area (Å²) in [6.45, 7) is 3.90. The molecule has 0 N–H and O–H groups in total. The van der Waals surface area contributed by atoms with Crippen molar-refractivity contribution in [3.05, 3.63) is 39.7 Å². The fourth-order valence-electron chi connectivity index (χ4n) is 2.76. The van der Waals surface area contributed by atoms with Crippen LogP contribution in [0.4, 0.5) is 0 Å². The van der Waals surface area contributed by atoms with Crippen molar-refractivity contribution < 1.29 is 9.47 Å². The zero-order valence-corrected chi connectivity index (χ0v) is 15.6.